The van der Waals surface area contributed by atoms with Crippen molar-refractivity contribution in [2.75, 3.05) is 18.0 Å². The molecule has 3 rings (SSSR count). The first-order valence-corrected chi connectivity index (χ1v) is 9.44. The highest BCUT2D eigenvalue weighted by molar-refractivity contribution is 7.89. The van der Waals surface area contributed by atoms with Crippen molar-refractivity contribution in [1.82, 2.24) is 9.71 Å². The molecule has 0 amide bonds. The molecule has 0 unspecified atom stereocenters. The normalized spacial score (nSPS) is 16.7. The Morgan fingerprint density at radius 2 is 1.96 bits per heavy atom. The second kappa shape index (κ2) is 6.50. The van der Waals surface area contributed by atoms with Crippen molar-refractivity contribution in [2.24, 2.45) is 0 Å². The number of hydrogen-bond acceptors (Lipinski definition) is 5. The highest BCUT2D eigenvalue weighted by atomic mass is 32.2. The topological polar surface area (TPSA) is 62.3 Å². The summed E-state index contributed by atoms with van der Waals surface area (Å²) in [5, 5.41) is 2.82. The van der Waals surface area contributed by atoms with Gasteiger partial charge in [-0.25, -0.2) is 26.9 Å². The van der Waals surface area contributed by atoms with E-state index in [-0.39, 0.29) is 10.9 Å². The summed E-state index contributed by atoms with van der Waals surface area (Å²) in [6.45, 7) is 1.39. The number of thiazole rings is 1. The Bertz CT molecular complexity index is 773. The number of piperidine rings is 1. The van der Waals surface area contributed by atoms with Gasteiger partial charge in [0, 0.05) is 30.7 Å². The SMILES string of the molecule is O=S(=O)(NC1CCN(c2nccs2)CC1)c1ccc(F)c(F)c1. The molecule has 0 aliphatic carbocycles. The minimum atomic E-state index is -3.86. The molecule has 0 radical (unpaired) electrons. The summed E-state index contributed by atoms with van der Waals surface area (Å²) in [7, 11) is -3.86. The molecule has 1 saturated heterocycles. The number of hydrogen-bond donors (Lipinski definition) is 1. The number of nitrogens with one attached hydrogen (secondary N) is 1. The van der Waals surface area contributed by atoms with Gasteiger partial charge in [-0.1, -0.05) is 0 Å². The van der Waals surface area contributed by atoms with Gasteiger partial charge < -0.3 is 4.90 Å². The number of benzene rings is 1. The molecule has 124 valence electrons. The van der Waals surface area contributed by atoms with Crippen molar-refractivity contribution in [3.8, 4) is 0 Å². The van der Waals surface area contributed by atoms with Crippen LogP contribution in [0.25, 0.3) is 0 Å². The fourth-order valence-electron chi connectivity index (χ4n) is 2.49. The van der Waals surface area contributed by atoms with Crippen LogP contribution in [0.3, 0.4) is 0 Å². The third kappa shape index (κ3) is 3.67. The van der Waals surface area contributed by atoms with E-state index in [0.29, 0.717) is 32.0 Å². The van der Waals surface area contributed by atoms with E-state index in [2.05, 4.69) is 14.6 Å². The predicted octanol–water partition coefficient (Wildman–Crippen LogP) is 2.37. The molecule has 23 heavy (non-hydrogen) atoms. The summed E-state index contributed by atoms with van der Waals surface area (Å²) < 4.78 is 53.2. The van der Waals surface area contributed by atoms with Crippen LogP contribution in [0.2, 0.25) is 0 Å². The van der Waals surface area contributed by atoms with Crippen LogP contribution >= 0.6 is 11.3 Å². The quantitative estimate of drug-likeness (QED) is 0.910. The van der Waals surface area contributed by atoms with E-state index < -0.39 is 21.7 Å². The number of rotatable bonds is 4. The minimum Gasteiger partial charge on any atom is -0.348 e. The summed E-state index contributed by atoms with van der Waals surface area (Å²) in [6.07, 6.45) is 2.99. The van der Waals surface area contributed by atoms with E-state index in [9.17, 15) is 17.2 Å². The highest BCUT2D eigenvalue weighted by Gasteiger charge is 2.26. The van der Waals surface area contributed by atoms with E-state index in [0.717, 1.165) is 17.3 Å². The zero-order valence-corrected chi connectivity index (χ0v) is 13.7. The summed E-state index contributed by atoms with van der Waals surface area (Å²) >= 11 is 1.54. The molecule has 0 spiro atoms. The molecule has 5 nitrogen and oxygen atoms in total. The monoisotopic (exact) mass is 359 g/mol. The first-order chi connectivity index (χ1) is 11.0. The third-order valence-corrected chi connectivity index (χ3v) is 6.06. The number of nitrogens with zero attached hydrogens (tertiary/aromatic N) is 2. The smallest absolute Gasteiger partial charge is 0.240 e. The summed E-state index contributed by atoms with van der Waals surface area (Å²) in [5.74, 6) is -2.24. The van der Waals surface area contributed by atoms with Crippen LogP contribution in [-0.2, 0) is 10.0 Å². The van der Waals surface area contributed by atoms with Crippen LogP contribution in [-0.4, -0.2) is 32.5 Å². The second-order valence-corrected chi connectivity index (χ2v) is 7.86. The fraction of sp³-hybridized carbons (Fsp3) is 0.357. The summed E-state index contributed by atoms with van der Waals surface area (Å²) in [4.78, 5) is 6.07. The maximum atomic E-state index is 13.2. The van der Waals surface area contributed by atoms with Crippen LogP contribution < -0.4 is 9.62 Å². The Labute approximate surface area is 137 Å². The first kappa shape index (κ1) is 16.3. The Balaban J connectivity index is 1.64. The Kier molecular flexibility index (Phi) is 4.60. The summed E-state index contributed by atoms with van der Waals surface area (Å²) in [5.41, 5.74) is 0. The van der Waals surface area contributed by atoms with Gasteiger partial charge >= 0.3 is 0 Å². The lowest BCUT2D eigenvalue weighted by Gasteiger charge is -2.31. The number of aromatic nitrogens is 1. The number of halogens is 2. The van der Waals surface area contributed by atoms with Crippen molar-refractivity contribution in [3.63, 3.8) is 0 Å². The van der Waals surface area contributed by atoms with E-state index >= 15 is 0 Å². The molecule has 0 atom stereocenters. The van der Waals surface area contributed by atoms with Gasteiger partial charge in [0.05, 0.1) is 4.90 Å². The minimum absolute atomic E-state index is 0.232. The van der Waals surface area contributed by atoms with Crippen LogP contribution in [0.5, 0.6) is 0 Å². The summed E-state index contributed by atoms with van der Waals surface area (Å²) in [6, 6.07) is 2.34. The highest BCUT2D eigenvalue weighted by Crippen LogP contribution is 2.23. The van der Waals surface area contributed by atoms with Gasteiger partial charge in [0.1, 0.15) is 0 Å². The van der Waals surface area contributed by atoms with Gasteiger partial charge in [0.2, 0.25) is 10.0 Å². The fourth-order valence-corrected chi connectivity index (χ4v) is 4.51. The molecule has 2 heterocycles. The zero-order valence-electron chi connectivity index (χ0n) is 12.1. The molecule has 9 heteroatoms. The number of sulfonamides is 1. The van der Waals surface area contributed by atoms with Gasteiger partial charge in [-0.15, -0.1) is 11.3 Å². The molecule has 1 aromatic carbocycles. The maximum absolute atomic E-state index is 13.2. The zero-order chi connectivity index (χ0) is 16.4. The molecule has 1 aromatic heterocycles. The van der Waals surface area contributed by atoms with E-state index in [1.807, 2.05) is 5.38 Å². The average Bonchev–Trinajstić information content (AvgIpc) is 3.04. The second-order valence-electron chi connectivity index (χ2n) is 5.27. The molecule has 1 aliphatic heterocycles. The predicted molar refractivity (Wildman–Crippen MR) is 84.0 cm³/mol. The van der Waals surface area contributed by atoms with Crippen molar-refractivity contribution in [1.29, 1.82) is 0 Å². The first-order valence-electron chi connectivity index (χ1n) is 7.07. The molecule has 1 N–H and O–H groups in total. The number of anilines is 1. The van der Waals surface area contributed by atoms with Gasteiger partial charge in [-0.05, 0) is 31.0 Å². The van der Waals surface area contributed by atoms with Crippen LogP contribution in [0.4, 0.5) is 13.9 Å². The van der Waals surface area contributed by atoms with Crippen molar-refractivity contribution in [3.05, 3.63) is 41.4 Å². The average molecular weight is 359 g/mol. The molecular formula is C14H15F2N3O2S2. The molecular weight excluding hydrogens is 344 g/mol. The molecule has 0 bridgehead atoms. The molecule has 2 aromatic rings. The van der Waals surface area contributed by atoms with E-state index in [1.165, 1.54) is 0 Å². The van der Waals surface area contributed by atoms with Gasteiger partial charge in [0.15, 0.2) is 16.8 Å². The van der Waals surface area contributed by atoms with E-state index in [4.69, 9.17) is 0 Å². The molecule has 0 saturated carbocycles. The largest absolute Gasteiger partial charge is 0.348 e. The Hall–Kier alpha value is -1.58. The lowest BCUT2D eigenvalue weighted by Crippen LogP contribution is -2.44. The molecule has 1 aliphatic rings. The van der Waals surface area contributed by atoms with Crippen LogP contribution in [0, 0.1) is 11.6 Å². The van der Waals surface area contributed by atoms with Crippen molar-refractivity contribution in [2.45, 2.75) is 23.8 Å². The lowest BCUT2D eigenvalue weighted by atomic mass is 10.1. The van der Waals surface area contributed by atoms with Gasteiger partial charge in [0.25, 0.3) is 0 Å². The van der Waals surface area contributed by atoms with Crippen molar-refractivity contribution < 1.29 is 17.2 Å². The Morgan fingerprint density at radius 1 is 1.22 bits per heavy atom. The maximum Gasteiger partial charge on any atom is 0.240 e. The van der Waals surface area contributed by atoms with E-state index in [1.54, 1.807) is 17.5 Å². The standard InChI is InChI=1S/C14H15F2N3O2S2/c15-12-2-1-11(9-13(12)16)23(20,21)18-10-3-6-19(7-4-10)14-17-5-8-22-14/h1-2,5,8-10,18H,3-4,6-7H2. The molecule has 1 fully saturated rings. The lowest BCUT2D eigenvalue weighted by molar-refractivity contribution is 0.459. The third-order valence-electron chi connectivity index (χ3n) is 3.71. The van der Waals surface area contributed by atoms with Crippen molar-refractivity contribution >= 4 is 26.5 Å². The van der Waals surface area contributed by atoms with Gasteiger partial charge in [-0.3, -0.25) is 0 Å². The van der Waals surface area contributed by atoms with Gasteiger partial charge in [-0.2, -0.15) is 0 Å². The Morgan fingerprint density at radius 3 is 2.57 bits per heavy atom. The van der Waals surface area contributed by atoms with Crippen LogP contribution in [0.15, 0.2) is 34.7 Å². The van der Waals surface area contributed by atoms with Crippen LogP contribution in [0.1, 0.15) is 12.8 Å².